The molecule has 0 spiro atoms. The van der Waals surface area contributed by atoms with Crippen LogP contribution in [-0.4, -0.2) is 13.3 Å². The van der Waals surface area contributed by atoms with Gasteiger partial charge in [-0.05, 0) is 42.8 Å². The van der Waals surface area contributed by atoms with Crippen molar-refractivity contribution in [1.82, 2.24) is 5.32 Å². The van der Waals surface area contributed by atoms with Gasteiger partial charge in [0.2, 0.25) is 0 Å². The molecule has 0 aromatic heterocycles. The van der Waals surface area contributed by atoms with Crippen molar-refractivity contribution in [1.29, 1.82) is 0 Å². The first-order valence-electron chi connectivity index (χ1n) is 4.41. The zero-order valence-electron chi connectivity index (χ0n) is 8.50. The third-order valence-electron chi connectivity index (χ3n) is 1.77. The van der Waals surface area contributed by atoms with Crippen molar-refractivity contribution in [3.63, 3.8) is 0 Å². The topological polar surface area (TPSA) is 29.1 Å². The molecule has 72 valence electrons. The van der Waals surface area contributed by atoms with Crippen LogP contribution < -0.4 is 5.32 Å². The van der Waals surface area contributed by atoms with Crippen LogP contribution in [0.25, 0.3) is 0 Å². The molecule has 0 aliphatic rings. The summed E-state index contributed by atoms with van der Waals surface area (Å²) in [4.78, 5) is 10.3. The second-order valence-corrected chi connectivity index (χ2v) is 2.68. The molecule has 0 aromatic rings. The molecule has 0 amide bonds. The number of aldehydes is 1. The zero-order chi connectivity index (χ0) is 10.1. The summed E-state index contributed by atoms with van der Waals surface area (Å²) in [5, 5.41) is 2.90. The summed E-state index contributed by atoms with van der Waals surface area (Å²) in [5.41, 5.74) is 2.21. The van der Waals surface area contributed by atoms with Gasteiger partial charge >= 0.3 is 0 Å². The maximum atomic E-state index is 10.3. The highest BCUT2D eigenvalue weighted by Crippen LogP contribution is 2.11. The summed E-state index contributed by atoms with van der Waals surface area (Å²) in [7, 11) is 1.85. The summed E-state index contributed by atoms with van der Waals surface area (Å²) >= 11 is 0. The van der Waals surface area contributed by atoms with Gasteiger partial charge < -0.3 is 5.32 Å². The van der Waals surface area contributed by atoms with Crippen LogP contribution in [0, 0.1) is 0 Å². The van der Waals surface area contributed by atoms with Crippen LogP contribution in [0.1, 0.15) is 20.3 Å². The normalized spacial score (nSPS) is 13.5. The highest BCUT2D eigenvalue weighted by molar-refractivity contribution is 5.68. The van der Waals surface area contributed by atoms with Crippen molar-refractivity contribution in [2.45, 2.75) is 20.3 Å². The summed E-state index contributed by atoms with van der Waals surface area (Å²) in [6.45, 7) is 4.04. The lowest BCUT2D eigenvalue weighted by Gasteiger charge is -2.01. The largest absolute Gasteiger partial charge is 0.394 e. The van der Waals surface area contributed by atoms with Gasteiger partial charge in [0.05, 0.1) is 0 Å². The third-order valence-corrected chi connectivity index (χ3v) is 1.77. The molecular weight excluding hydrogens is 162 g/mol. The molecule has 0 saturated carbocycles. The molecule has 0 aliphatic heterocycles. The van der Waals surface area contributed by atoms with Crippen LogP contribution in [-0.2, 0) is 4.79 Å². The van der Waals surface area contributed by atoms with E-state index >= 15 is 0 Å². The van der Waals surface area contributed by atoms with E-state index in [9.17, 15) is 4.79 Å². The Morgan fingerprint density at radius 1 is 1.38 bits per heavy atom. The molecule has 0 saturated heterocycles. The Morgan fingerprint density at radius 3 is 2.54 bits per heavy atom. The Hall–Kier alpha value is -1.31. The van der Waals surface area contributed by atoms with Gasteiger partial charge in [0, 0.05) is 7.05 Å². The molecular formula is C11H17NO. The first kappa shape index (κ1) is 11.7. The van der Waals surface area contributed by atoms with E-state index in [0.29, 0.717) is 0 Å². The average Bonchev–Trinajstić information content (AvgIpc) is 2.14. The Labute approximate surface area is 80.0 Å². The molecule has 2 heteroatoms. The lowest BCUT2D eigenvalue weighted by Crippen LogP contribution is -1.90. The fourth-order valence-corrected chi connectivity index (χ4v) is 1.01. The predicted octanol–water partition coefficient (Wildman–Crippen LogP) is 2.20. The Kier molecular flexibility index (Phi) is 6.60. The summed E-state index contributed by atoms with van der Waals surface area (Å²) in [5.74, 6) is 0. The Morgan fingerprint density at radius 2 is 2.08 bits per heavy atom. The second-order valence-electron chi connectivity index (χ2n) is 2.68. The smallest absolute Gasteiger partial charge is 0.143 e. The SMILES string of the molecule is CCC(=C\C=O)/C(C)=C\C=C/NC. The number of hydrogen-bond donors (Lipinski definition) is 1. The first-order valence-corrected chi connectivity index (χ1v) is 4.41. The first-order chi connectivity index (χ1) is 6.26. The Bertz CT molecular complexity index is 236. The molecule has 0 atom stereocenters. The molecule has 0 fully saturated rings. The van der Waals surface area contributed by atoms with E-state index in [1.54, 1.807) is 6.08 Å². The summed E-state index contributed by atoms with van der Waals surface area (Å²) in [6.07, 6.45) is 9.07. The molecule has 0 heterocycles. The second kappa shape index (κ2) is 7.35. The minimum absolute atomic E-state index is 0.831. The van der Waals surface area contributed by atoms with Crippen molar-refractivity contribution in [3.05, 3.63) is 35.6 Å². The molecule has 1 N–H and O–H groups in total. The van der Waals surface area contributed by atoms with E-state index in [2.05, 4.69) is 5.32 Å². The molecule has 0 aromatic carbocycles. The van der Waals surface area contributed by atoms with Crippen LogP contribution in [0.4, 0.5) is 0 Å². The number of carbonyl (C=O) groups excluding carboxylic acids is 1. The quantitative estimate of drug-likeness (QED) is 0.398. The fraction of sp³-hybridized carbons (Fsp3) is 0.364. The standard InChI is InChI=1S/C11H17NO/c1-4-11(7-9-13)10(2)6-5-8-12-3/h5-9,12H,4H2,1-3H3/b8-5-,10-6-,11-7+. The highest BCUT2D eigenvalue weighted by Gasteiger charge is 1.94. The van der Waals surface area contributed by atoms with E-state index in [1.165, 1.54) is 0 Å². The maximum Gasteiger partial charge on any atom is 0.143 e. The molecule has 0 bridgehead atoms. The van der Waals surface area contributed by atoms with Gasteiger partial charge in [-0.2, -0.15) is 0 Å². The maximum absolute atomic E-state index is 10.3. The van der Waals surface area contributed by atoms with Crippen molar-refractivity contribution in [3.8, 4) is 0 Å². The molecule has 13 heavy (non-hydrogen) atoms. The minimum Gasteiger partial charge on any atom is -0.394 e. The van der Waals surface area contributed by atoms with Crippen molar-refractivity contribution >= 4 is 6.29 Å². The Balaban J connectivity index is 4.44. The van der Waals surface area contributed by atoms with E-state index in [0.717, 1.165) is 23.9 Å². The van der Waals surface area contributed by atoms with Crippen LogP contribution >= 0.6 is 0 Å². The van der Waals surface area contributed by atoms with Gasteiger partial charge in [0.15, 0.2) is 0 Å². The van der Waals surface area contributed by atoms with E-state index in [1.807, 2.05) is 39.2 Å². The molecule has 0 unspecified atom stereocenters. The van der Waals surface area contributed by atoms with E-state index in [-0.39, 0.29) is 0 Å². The number of hydrogen-bond acceptors (Lipinski definition) is 2. The number of allylic oxidation sites excluding steroid dienone is 5. The van der Waals surface area contributed by atoms with Crippen LogP contribution in [0.15, 0.2) is 35.6 Å². The molecule has 2 nitrogen and oxygen atoms in total. The fourth-order valence-electron chi connectivity index (χ4n) is 1.01. The lowest BCUT2D eigenvalue weighted by atomic mass is 10.1. The monoisotopic (exact) mass is 179 g/mol. The molecule has 0 aliphatic carbocycles. The zero-order valence-corrected chi connectivity index (χ0v) is 8.50. The van der Waals surface area contributed by atoms with Crippen LogP contribution in [0.2, 0.25) is 0 Å². The third kappa shape index (κ3) is 5.01. The minimum atomic E-state index is 0.831. The van der Waals surface area contributed by atoms with Gasteiger partial charge in [0.25, 0.3) is 0 Å². The number of nitrogens with one attached hydrogen (secondary N) is 1. The predicted molar refractivity (Wildman–Crippen MR) is 56.4 cm³/mol. The van der Waals surface area contributed by atoms with Crippen LogP contribution in [0.3, 0.4) is 0 Å². The number of rotatable bonds is 5. The van der Waals surface area contributed by atoms with Gasteiger partial charge in [-0.15, -0.1) is 0 Å². The lowest BCUT2D eigenvalue weighted by molar-refractivity contribution is -0.104. The van der Waals surface area contributed by atoms with Crippen LogP contribution in [0.5, 0.6) is 0 Å². The van der Waals surface area contributed by atoms with E-state index < -0.39 is 0 Å². The van der Waals surface area contributed by atoms with Gasteiger partial charge in [0.1, 0.15) is 6.29 Å². The summed E-state index contributed by atoms with van der Waals surface area (Å²) < 4.78 is 0. The van der Waals surface area contributed by atoms with Gasteiger partial charge in [-0.3, -0.25) is 4.79 Å². The average molecular weight is 179 g/mol. The highest BCUT2D eigenvalue weighted by atomic mass is 16.1. The molecule has 0 rings (SSSR count). The van der Waals surface area contributed by atoms with E-state index in [4.69, 9.17) is 0 Å². The molecule has 0 radical (unpaired) electrons. The summed E-state index contributed by atoms with van der Waals surface area (Å²) in [6, 6.07) is 0. The number of carbonyl (C=O) groups is 1. The van der Waals surface area contributed by atoms with Gasteiger partial charge in [-0.25, -0.2) is 0 Å². The van der Waals surface area contributed by atoms with Gasteiger partial charge in [-0.1, -0.05) is 13.0 Å². The van der Waals surface area contributed by atoms with Crippen molar-refractivity contribution in [2.24, 2.45) is 0 Å². The van der Waals surface area contributed by atoms with Crippen molar-refractivity contribution in [2.75, 3.05) is 7.05 Å². The van der Waals surface area contributed by atoms with Crippen molar-refractivity contribution < 1.29 is 4.79 Å².